The van der Waals surface area contributed by atoms with Crippen molar-refractivity contribution in [2.24, 2.45) is 5.92 Å². The number of hydrogen-bond acceptors (Lipinski definition) is 12. The molecule has 2 saturated carbocycles. The van der Waals surface area contributed by atoms with Gasteiger partial charge in [0, 0.05) is 34.7 Å². The summed E-state index contributed by atoms with van der Waals surface area (Å²) in [6.07, 6.45) is 6.67. The summed E-state index contributed by atoms with van der Waals surface area (Å²) in [5.74, 6) is -1.02. The molecule has 324 valence electrons. The van der Waals surface area contributed by atoms with Crippen molar-refractivity contribution >= 4 is 56.1 Å². The van der Waals surface area contributed by atoms with E-state index in [1.807, 2.05) is 42.7 Å². The highest BCUT2D eigenvalue weighted by atomic mass is 32.2. The lowest BCUT2D eigenvalue weighted by atomic mass is 10.0. The summed E-state index contributed by atoms with van der Waals surface area (Å²) >= 11 is 1.48. The van der Waals surface area contributed by atoms with Crippen LogP contribution in [0.2, 0.25) is 0 Å². The topological polar surface area (TPSA) is 195 Å². The van der Waals surface area contributed by atoms with E-state index in [1.54, 1.807) is 27.9 Å². The Bertz CT molecular complexity index is 2300. The van der Waals surface area contributed by atoms with E-state index in [0.717, 1.165) is 24.1 Å². The van der Waals surface area contributed by atoms with Gasteiger partial charge in [-0.1, -0.05) is 38.8 Å². The van der Waals surface area contributed by atoms with Crippen LogP contribution in [0, 0.1) is 12.8 Å². The Balaban J connectivity index is 1.25. The molecule has 2 aliphatic heterocycles. The molecule has 1 aromatic carbocycles. The number of benzene rings is 1. The van der Waals surface area contributed by atoms with E-state index >= 15 is 0 Å². The zero-order valence-electron chi connectivity index (χ0n) is 35.3. The van der Waals surface area contributed by atoms with Crippen molar-refractivity contribution in [3.05, 3.63) is 47.0 Å². The number of alkyl carbamates (subject to hydrolysis) is 1. The lowest BCUT2D eigenvalue weighted by Gasteiger charge is -2.30. The molecule has 5 atom stereocenters. The van der Waals surface area contributed by atoms with Gasteiger partial charge < -0.3 is 29.7 Å². The maximum absolute atomic E-state index is 14.7. The van der Waals surface area contributed by atoms with Gasteiger partial charge >= 0.3 is 6.09 Å². The summed E-state index contributed by atoms with van der Waals surface area (Å²) < 4.78 is 46.1. The van der Waals surface area contributed by atoms with Crippen molar-refractivity contribution in [3.8, 4) is 22.2 Å². The molecule has 1 saturated heterocycles. The summed E-state index contributed by atoms with van der Waals surface area (Å²) in [4.78, 5) is 67.6. The second kappa shape index (κ2) is 16.9. The number of sulfonamides is 1. The van der Waals surface area contributed by atoms with Crippen LogP contribution in [0.3, 0.4) is 0 Å². The molecule has 1 unspecified atom stereocenters. The van der Waals surface area contributed by atoms with Crippen LogP contribution in [0.5, 0.6) is 11.5 Å². The lowest BCUT2D eigenvalue weighted by Crippen LogP contribution is -2.58. The average molecular weight is 865 g/mol. The third-order valence-corrected chi connectivity index (χ3v) is 14.2. The average Bonchev–Trinajstić information content (AvgIpc) is 4.05. The smallest absolute Gasteiger partial charge is 0.408 e. The van der Waals surface area contributed by atoms with E-state index in [1.165, 1.54) is 16.2 Å². The number of nitrogens with zero attached hydrogens (tertiary/aromatic N) is 3. The van der Waals surface area contributed by atoms with Crippen molar-refractivity contribution in [1.82, 2.24) is 30.2 Å². The van der Waals surface area contributed by atoms with Gasteiger partial charge in [0.1, 0.15) is 51.5 Å². The predicted molar refractivity (Wildman–Crippen MR) is 227 cm³/mol. The lowest BCUT2D eigenvalue weighted by molar-refractivity contribution is -0.141. The van der Waals surface area contributed by atoms with Crippen molar-refractivity contribution in [2.75, 3.05) is 13.7 Å². The Morgan fingerprint density at radius 2 is 1.83 bits per heavy atom. The molecular formula is C43H56N6O9S2. The first-order valence-electron chi connectivity index (χ1n) is 20.8. The maximum Gasteiger partial charge on any atom is 0.408 e. The van der Waals surface area contributed by atoms with Crippen LogP contribution in [0.1, 0.15) is 110 Å². The third-order valence-electron chi connectivity index (χ3n) is 11.5. The Labute approximate surface area is 355 Å². The van der Waals surface area contributed by atoms with E-state index in [0.29, 0.717) is 65.2 Å². The van der Waals surface area contributed by atoms with Gasteiger partial charge in [-0.05, 0) is 84.3 Å². The van der Waals surface area contributed by atoms with Crippen molar-refractivity contribution in [2.45, 2.75) is 140 Å². The van der Waals surface area contributed by atoms with E-state index in [4.69, 9.17) is 24.2 Å². The Hall–Kier alpha value is -4.77. The summed E-state index contributed by atoms with van der Waals surface area (Å²) in [6, 6.07) is 3.37. The van der Waals surface area contributed by atoms with Crippen molar-refractivity contribution < 1.29 is 41.8 Å². The number of allylic oxidation sites excluding steroid dienone is 1. The van der Waals surface area contributed by atoms with Crippen LogP contribution in [-0.2, 0) is 29.1 Å². The molecule has 4 amide bonds. The van der Waals surface area contributed by atoms with Crippen LogP contribution in [0.4, 0.5) is 4.79 Å². The Morgan fingerprint density at radius 1 is 1.07 bits per heavy atom. The van der Waals surface area contributed by atoms with E-state index in [-0.39, 0.29) is 25.3 Å². The van der Waals surface area contributed by atoms with Crippen LogP contribution in [-0.4, -0.2) is 95.3 Å². The van der Waals surface area contributed by atoms with Gasteiger partial charge in [0.05, 0.1) is 30.1 Å². The first-order chi connectivity index (χ1) is 28.4. The molecule has 4 heterocycles. The second-order valence-electron chi connectivity index (χ2n) is 17.7. The zero-order valence-corrected chi connectivity index (χ0v) is 37.0. The normalized spacial score (nSPS) is 25.6. The Kier molecular flexibility index (Phi) is 12.2. The minimum absolute atomic E-state index is 0.0228. The summed E-state index contributed by atoms with van der Waals surface area (Å²) in [6.45, 7) is 11.2. The first kappa shape index (κ1) is 43.3. The number of nitrogens with one attached hydrogen (secondary N) is 3. The van der Waals surface area contributed by atoms with E-state index in [9.17, 15) is 27.6 Å². The monoisotopic (exact) mass is 864 g/mol. The highest BCUT2D eigenvalue weighted by molar-refractivity contribution is 7.91. The van der Waals surface area contributed by atoms with Gasteiger partial charge in [-0.2, -0.15) is 0 Å². The number of rotatable bonds is 9. The quantitative estimate of drug-likeness (QED) is 0.212. The summed E-state index contributed by atoms with van der Waals surface area (Å²) in [5, 5.41) is 8.46. The number of ether oxygens (including phenoxy) is 3. The molecule has 0 spiro atoms. The number of carbonyl (C=O) groups excluding carboxylic acids is 4. The highest BCUT2D eigenvalue weighted by Gasteiger charge is 2.62. The van der Waals surface area contributed by atoms with Gasteiger partial charge in [-0.3, -0.25) is 19.1 Å². The van der Waals surface area contributed by atoms with E-state index in [2.05, 4.69) is 29.2 Å². The van der Waals surface area contributed by atoms with Gasteiger partial charge in [-0.15, -0.1) is 11.3 Å². The molecule has 7 rings (SSSR count). The van der Waals surface area contributed by atoms with Gasteiger partial charge in [0.25, 0.3) is 5.91 Å². The number of carbonyl (C=O) groups is 4. The molecule has 0 radical (unpaired) electrons. The molecule has 0 bridgehead atoms. The number of thiazole rings is 1. The molecule has 3 fully saturated rings. The first-order valence-corrected chi connectivity index (χ1v) is 23.3. The van der Waals surface area contributed by atoms with Gasteiger partial charge in [0.2, 0.25) is 21.8 Å². The number of amides is 4. The fraction of sp³-hybridized carbons (Fsp3) is 0.581. The molecule has 17 heteroatoms. The summed E-state index contributed by atoms with van der Waals surface area (Å²) in [7, 11) is -2.32. The number of fused-ring (bicyclic) bond motifs is 3. The van der Waals surface area contributed by atoms with Crippen LogP contribution >= 0.6 is 11.3 Å². The maximum atomic E-state index is 14.7. The minimum Gasteiger partial charge on any atom is -0.496 e. The van der Waals surface area contributed by atoms with Crippen molar-refractivity contribution in [1.29, 1.82) is 0 Å². The number of aromatic nitrogens is 2. The number of hydrogen-bond donors (Lipinski definition) is 3. The zero-order chi connectivity index (χ0) is 43.1. The minimum atomic E-state index is -3.91. The molecule has 60 heavy (non-hydrogen) atoms. The molecule has 3 aromatic rings. The number of methoxy groups -OCH3 is 1. The van der Waals surface area contributed by atoms with E-state index < -0.39 is 74.3 Å². The third kappa shape index (κ3) is 9.41. The largest absolute Gasteiger partial charge is 0.496 e. The van der Waals surface area contributed by atoms with Gasteiger partial charge in [-0.25, -0.2) is 23.2 Å². The Morgan fingerprint density at radius 3 is 2.52 bits per heavy atom. The SMILES string of the molecule is COc1ccc2c(OC3C[C@H]4C(=O)N[C@]5(C(=O)NS(=O)(=O)C6CC6)C[C@H]5/C=C\CCCCC[C@H](NC(=O)OC(C)(C)C)C(=O)N4C3)cc(-c3nc(C(C)C)cs3)nc2c1C. The molecule has 4 aliphatic rings. The molecule has 2 aliphatic carbocycles. The molecular weight excluding hydrogens is 809 g/mol. The highest BCUT2D eigenvalue weighted by Crippen LogP contribution is 2.46. The predicted octanol–water partition coefficient (Wildman–Crippen LogP) is 6.04. The molecule has 15 nitrogen and oxygen atoms in total. The van der Waals surface area contributed by atoms with Crippen LogP contribution in [0.15, 0.2) is 35.7 Å². The molecule has 2 aromatic heterocycles. The second-order valence-corrected chi connectivity index (χ2v) is 20.5. The standard InChI is InChI=1S/C43H56N6O9S2/c1-24(2)32-23-59-38(45-32)31-20-35(29-17-18-34(56-7)25(3)36(29)44-31)57-27-19-33-37(50)47-43(40(52)48-60(54,55)28-15-16-28)21-26(43)13-11-9-8-10-12-14-30(39(51)49(33)22-27)46-41(53)58-42(4,5)6/h11,13,17-18,20,23-24,26-28,30,33H,8-10,12,14-16,19,21-22H2,1-7H3,(H,46,53)(H,47,50)(H,48,52)/b13-11-/t26-,27?,30+,33+,43-/m1/s1. The van der Waals surface area contributed by atoms with Crippen LogP contribution in [0.25, 0.3) is 21.6 Å². The van der Waals surface area contributed by atoms with Crippen molar-refractivity contribution in [3.63, 3.8) is 0 Å². The number of aryl methyl sites for hydroxylation is 1. The van der Waals surface area contributed by atoms with Crippen LogP contribution < -0.4 is 24.8 Å². The molecule has 3 N–H and O–H groups in total. The fourth-order valence-corrected chi connectivity index (χ4v) is 10.3. The number of pyridine rings is 1. The summed E-state index contributed by atoms with van der Waals surface area (Å²) in [5.41, 5.74) is 0.635. The fourth-order valence-electron chi connectivity index (χ4n) is 7.95. The van der Waals surface area contributed by atoms with Gasteiger partial charge in [0.15, 0.2) is 0 Å².